The number of hydrogen-bond donors (Lipinski definition) is 1. The van der Waals surface area contributed by atoms with Gasteiger partial charge in [0.05, 0.1) is 16.3 Å². The van der Waals surface area contributed by atoms with Gasteiger partial charge in [0.25, 0.3) is 0 Å². The van der Waals surface area contributed by atoms with Crippen LogP contribution in [0.1, 0.15) is 22.5 Å². The SMILES string of the molecule is Cc1cc(C)c2nc(SCC(=O)Nc3cc(C)on3)cc(C)c2c1. The molecule has 0 aliphatic heterocycles. The highest BCUT2D eigenvalue weighted by Gasteiger charge is 2.10. The van der Waals surface area contributed by atoms with Gasteiger partial charge in [-0.1, -0.05) is 28.5 Å². The smallest absolute Gasteiger partial charge is 0.236 e. The van der Waals surface area contributed by atoms with Crippen LogP contribution >= 0.6 is 11.8 Å². The number of benzene rings is 1. The van der Waals surface area contributed by atoms with Crippen LogP contribution in [0, 0.1) is 27.7 Å². The van der Waals surface area contributed by atoms with E-state index in [1.807, 2.05) is 6.07 Å². The molecule has 0 aliphatic carbocycles. The van der Waals surface area contributed by atoms with Crippen molar-refractivity contribution in [3.63, 3.8) is 0 Å². The van der Waals surface area contributed by atoms with Crippen LogP contribution in [0.15, 0.2) is 33.8 Å². The molecule has 0 spiro atoms. The predicted molar refractivity (Wildman–Crippen MR) is 96.5 cm³/mol. The summed E-state index contributed by atoms with van der Waals surface area (Å²) < 4.78 is 4.93. The van der Waals surface area contributed by atoms with Crippen molar-refractivity contribution in [2.45, 2.75) is 32.7 Å². The van der Waals surface area contributed by atoms with Crippen molar-refractivity contribution in [3.8, 4) is 0 Å². The zero-order chi connectivity index (χ0) is 17.3. The molecule has 2 aromatic heterocycles. The summed E-state index contributed by atoms with van der Waals surface area (Å²) in [5.74, 6) is 1.24. The van der Waals surface area contributed by atoms with Gasteiger partial charge in [-0.15, -0.1) is 0 Å². The second kappa shape index (κ2) is 6.65. The largest absolute Gasteiger partial charge is 0.360 e. The van der Waals surface area contributed by atoms with Gasteiger partial charge in [0.2, 0.25) is 5.91 Å². The Kier molecular flexibility index (Phi) is 4.57. The lowest BCUT2D eigenvalue weighted by Crippen LogP contribution is -2.14. The molecule has 0 saturated carbocycles. The average Bonchev–Trinajstić information content (AvgIpc) is 2.91. The Bertz CT molecular complexity index is 918. The first kappa shape index (κ1) is 16.5. The van der Waals surface area contributed by atoms with E-state index in [0.717, 1.165) is 16.1 Å². The molecule has 2 heterocycles. The molecule has 0 radical (unpaired) electrons. The van der Waals surface area contributed by atoms with Gasteiger partial charge >= 0.3 is 0 Å². The molecule has 3 rings (SSSR count). The highest BCUT2D eigenvalue weighted by molar-refractivity contribution is 7.99. The third-order valence-corrected chi connectivity index (χ3v) is 4.59. The van der Waals surface area contributed by atoms with Crippen molar-refractivity contribution < 1.29 is 9.32 Å². The number of anilines is 1. The number of pyridine rings is 1. The molecule has 0 bridgehead atoms. The normalized spacial score (nSPS) is 11.0. The Morgan fingerprint density at radius 2 is 1.92 bits per heavy atom. The molecule has 1 aromatic carbocycles. The number of hydrogen-bond acceptors (Lipinski definition) is 5. The molecular formula is C18H19N3O2S. The zero-order valence-electron chi connectivity index (χ0n) is 14.1. The Morgan fingerprint density at radius 3 is 2.62 bits per heavy atom. The van der Waals surface area contributed by atoms with E-state index in [1.165, 1.54) is 28.3 Å². The molecule has 3 aromatic rings. The van der Waals surface area contributed by atoms with Crippen molar-refractivity contribution in [2.75, 3.05) is 11.1 Å². The Hall–Kier alpha value is -2.34. The predicted octanol–water partition coefficient (Wildman–Crippen LogP) is 4.19. The fourth-order valence-corrected chi connectivity index (χ4v) is 3.40. The van der Waals surface area contributed by atoms with Crippen LogP contribution in [0.3, 0.4) is 0 Å². The number of fused-ring (bicyclic) bond motifs is 1. The Morgan fingerprint density at radius 1 is 1.12 bits per heavy atom. The Balaban J connectivity index is 1.74. The van der Waals surface area contributed by atoms with E-state index in [-0.39, 0.29) is 11.7 Å². The van der Waals surface area contributed by atoms with Crippen LogP contribution in [0.2, 0.25) is 0 Å². The van der Waals surface area contributed by atoms with E-state index in [0.29, 0.717) is 11.6 Å². The summed E-state index contributed by atoms with van der Waals surface area (Å²) >= 11 is 1.41. The first-order valence-electron chi connectivity index (χ1n) is 7.67. The molecule has 124 valence electrons. The number of carbonyl (C=O) groups excluding carboxylic acids is 1. The first-order valence-corrected chi connectivity index (χ1v) is 8.65. The third-order valence-electron chi connectivity index (χ3n) is 3.68. The molecular weight excluding hydrogens is 322 g/mol. The zero-order valence-corrected chi connectivity index (χ0v) is 15.0. The summed E-state index contributed by atoms with van der Waals surface area (Å²) in [6.07, 6.45) is 0. The number of aryl methyl sites for hydroxylation is 4. The molecule has 0 atom stereocenters. The van der Waals surface area contributed by atoms with Crippen molar-refractivity contribution in [1.29, 1.82) is 0 Å². The third kappa shape index (κ3) is 3.59. The quantitative estimate of drug-likeness (QED) is 0.721. The first-order chi connectivity index (χ1) is 11.4. The summed E-state index contributed by atoms with van der Waals surface area (Å²) in [4.78, 5) is 16.7. The maximum Gasteiger partial charge on any atom is 0.236 e. The summed E-state index contributed by atoms with van der Waals surface area (Å²) in [5, 5.41) is 8.48. The minimum atomic E-state index is -0.131. The van der Waals surface area contributed by atoms with Crippen LogP contribution in [0.4, 0.5) is 5.82 Å². The van der Waals surface area contributed by atoms with Gasteiger partial charge < -0.3 is 9.84 Å². The van der Waals surface area contributed by atoms with Gasteiger partial charge in [0, 0.05) is 11.5 Å². The summed E-state index contributed by atoms with van der Waals surface area (Å²) in [5.41, 5.74) is 4.54. The number of nitrogens with one attached hydrogen (secondary N) is 1. The average molecular weight is 341 g/mol. The second-order valence-corrected chi connectivity index (χ2v) is 6.91. The van der Waals surface area contributed by atoms with E-state index >= 15 is 0 Å². The van der Waals surface area contributed by atoms with E-state index < -0.39 is 0 Å². The van der Waals surface area contributed by atoms with Crippen LogP contribution < -0.4 is 5.32 Å². The fraction of sp³-hybridized carbons (Fsp3) is 0.278. The van der Waals surface area contributed by atoms with Crippen LogP contribution in [0.5, 0.6) is 0 Å². The highest BCUT2D eigenvalue weighted by atomic mass is 32.2. The van der Waals surface area contributed by atoms with Crippen molar-refractivity contribution in [2.24, 2.45) is 0 Å². The standard InChI is InChI=1S/C18H19N3O2S/c1-10-5-12(3)18-14(6-10)11(2)7-17(20-18)24-9-16(22)19-15-8-13(4)23-21-15/h5-8H,9H2,1-4H3,(H,19,21,22). The van der Waals surface area contributed by atoms with E-state index in [2.05, 4.69) is 43.4 Å². The summed E-state index contributed by atoms with van der Waals surface area (Å²) in [6, 6.07) is 7.99. The van der Waals surface area contributed by atoms with Crippen molar-refractivity contribution in [1.82, 2.24) is 10.1 Å². The molecule has 6 heteroatoms. The molecule has 0 fully saturated rings. The lowest BCUT2D eigenvalue weighted by atomic mass is 10.0. The van der Waals surface area contributed by atoms with E-state index in [4.69, 9.17) is 9.51 Å². The van der Waals surface area contributed by atoms with Crippen LogP contribution in [0.25, 0.3) is 10.9 Å². The van der Waals surface area contributed by atoms with E-state index in [1.54, 1.807) is 13.0 Å². The van der Waals surface area contributed by atoms with Gasteiger partial charge in [-0.3, -0.25) is 4.79 Å². The number of amides is 1. The molecule has 0 saturated heterocycles. The number of aromatic nitrogens is 2. The molecule has 24 heavy (non-hydrogen) atoms. The maximum absolute atomic E-state index is 12.0. The van der Waals surface area contributed by atoms with Crippen LogP contribution in [-0.4, -0.2) is 21.8 Å². The number of carbonyl (C=O) groups is 1. The number of rotatable bonds is 4. The second-order valence-electron chi connectivity index (χ2n) is 5.92. The fourth-order valence-electron chi connectivity index (χ4n) is 2.63. The Labute approximate surface area is 144 Å². The van der Waals surface area contributed by atoms with E-state index in [9.17, 15) is 4.79 Å². The minimum Gasteiger partial charge on any atom is -0.360 e. The number of thioether (sulfide) groups is 1. The van der Waals surface area contributed by atoms with Gasteiger partial charge in [0.15, 0.2) is 5.82 Å². The van der Waals surface area contributed by atoms with Crippen molar-refractivity contribution >= 4 is 34.4 Å². The van der Waals surface area contributed by atoms with Crippen molar-refractivity contribution in [3.05, 3.63) is 46.7 Å². The molecule has 5 nitrogen and oxygen atoms in total. The summed E-state index contributed by atoms with van der Waals surface area (Å²) in [6.45, 7) is 8.01. The lowest BCUT2D eigenvalue weighted by Gasteiger charge is -2.09. The summed E-state index contributed by atoms with van der Waals surface area (Å²) in [7, 11) is 0. The molecule has 1 N–H and O–H groups in total. The lowest BCUT2D eigenvalue weighted by molar-refractivity contribution is -0.113. The molecule has 0 aliphatic rings. The monoisotopic (exact) mass is 341 g/mol. The topological polar surface area (TPSA) is 68.0 Å². The van der Waals surface area contributed by atoms with Gasteiger partial charge in [-0.05, 0) is 51.0 Å². The van der Waals surface area contributed by atoms with Gasteiger partial charge in [0.1, 0.15) is 5.76 Å². The van der Waals surface area contributed by atoms with Gasteiger partial charge in [-0.2, -0.15) is 0 Å². The maximum atomic E-state index is 12.0. The highest BCUT2D eigenvalue weighted by Crippen LogP contribution is 2.27. The van der Waals surface area contributed by atoms with Gasteiger partial charge in [-0.25, -0.2) is 4.98 Å². The molecule has 1 amide bonds. The molecule has 0 unspecified atom stereocenters. The number of nitrogens with zero attached hydrogens (tertiary/aromatic N) is 2. The minimum absolute atomic E-state index is 0.131. The van der Waals surface area contributed by atoms with Crippen LogP contribution in [-0.2, 0) is 4.79 Å².